The molecule has 1 saturated heterocycles. The van der Waals surface area contributed by atoms with Crippen LogP contribution in [0.3, 0.4) is 0 Å². The maximum Gasteiger partial charge on any atom is 0.309 e. The summed E-state index contributed by atoms with van der Waals surface area (Å²) < 4.78 is 6.46. The molecule has 0 saturated carbocycles. The number of hydrogen-bond donors (Lipinski definition) is 2. The molecule has 0 bridgehead atoms. The quantitative estimate of drug-likeness (QED) is 0.561. The zero-order chi connectivity index (χ0) is 20.6. The zero-order valence-corrected chi connectivity index (χ0v) is 18.1. The lowest BCUT2D eigenvalue weighted by atomic mass is 10.2. The van der Waals surface area contributed by atoms with Crippen molar-refractivity contribution in [1.82, 2.24) is 15.2 Å². The Hall–Kier alpha value is -1.65. The third-order valence-corrected chi connectivity index (χ3v) is 6.54. The van der Waals surface area contributed by atoms with Crippen LogP contribution in [0.2, 0.25) is 5.02 Å². The average Bonchev–Trinajstić information content (AvgIpc) is 3.12. The molecule has 2 heterocycles. The Morgan fingerprint density at radius 1 is 1.45 bits per heavy atom. The van der Waals surface area contributed by atoms with Gasteiger partial charge >= 0.3 is 5.97 Å². The van der Waals surface area contributed by atoms with Gasteiger partial charge < -0.3 is 15.2 Å². The Bertz CT molecular complexity index is 848. The van der Waals surface area contributed by atoms with Crippen LogP contribution in [0.5, 0.6) is 0 Å². The van der Waals surface area contributed by atoms with Crippen molar-refractivity contribution >= 4 is 46.6 Å². The second-order valence-corrected chi connectivity index (χ2v) is 9.14. The first-order chi connectivity index (χ1) is 14.0. The van der Waals surface area contributed by atoms with Crippen LogP contribution in [0.4, 0.5) is 0 Å². The Labute approximate surface area is 182 Å². The molecule has 7 nitrogen and oxygen atoms in total. The standard InChI is InChI=1S/C19H22ClN3O4S2/c20-14-3-1-2-13(6-14)9-23-4-5-27-16(10-23)8-21-17(24)12-29-19-22-15(11-28-19)7-18(25)26/h1-3,6,11,16H,4-5,7-10,12H2,(H,21,24)(H,25,26)/t16-/m0/s1. The third kappa shape index (κ3) is 7.60. The van der Waals surface area contributed by atoms with E-state index in [9.17, 15) is 9.59 Å². The van der Waals surface area contributed by atoms with Crippen molar-refractivity contribution in [1.29, 1.82) is 0 Å². The lowest BCUT2D eigenvalue weighted by Gasteiger charge is -2.33. The molecule has 156 valence electrons. The number of aliphatic carboxylic acids is 1. The van der Waals surface area contributed by atoms with Gasteiger partial charge in [0.1, 0.15) is 0 Å². The second kappa shape index (κ2) is 10.9. The molecule has 29 heavy (non-hydrogen) atoms. The number of ether oxygens (including phenoxy) is 1. The van der Waals surface area contributed by atoms with Crippen molar-refractivity contribution in [3.63, 3.8) is 0 Å². The monoisotopic (exact) mass is 455 g/mol. The van der Waals surface area contributed by atoms with E-state index >= 15 is 0 Å². The number of thioether (sulfide) groups is 1. The van der Waals surface area contributed by atoms with Crippen LogP contribution >= 0.6 is 34.7 Å². The number of aromatic nitrogens is 1. The molecule has 1 aromatic heterocycles. The fraction of sp³-hybridized carbons (Fsp3) is 0.421. The van der Waals surface area contributed by atoms with E-state index in [2.05, 4.69) is 21.3 Å². The number of rotatable bonds is 9. The summed E-state index contributed by atoms with van der Waals surface area (Å²) in [5, 5.41) is 14.1. The van der Waals surface area contributed by atoms with Gasteiger partial charge in [0.2, 0.25) is 5.91 Å². The van der Waals surface area contributed by atoms with Gasteiger partial charge in [0, 0.05) is 36.6 Å². The molecule has 1 fully saturated rings. The van der Waals surface area contributed by atoms with Gasteiger partial charge in [-0.15, -0.1) is 11.3 Å². The van der Waals surface area contributed by atoms with Crippen molar-refractivity contribution in [3.05, 3.63) is 45.9 Å². The van der Waals surface area contributed by atoms with Crippen molar-refractivity contribution in [3.8, 4) is 0 Å². The Balaban J connectivity index is 1.38. The number of carboxylic acid groups (broad SMARTS) is 1. The molecular weight excluding hydrogens is 434 g/mol. The van der Waals surface area contributed by atoms with Crippen LogP contribution in [0.1, 0.15) is 11.3 Å². The van der Waals surface area contributed by atoms with Crippen LogP contribution in [0.15, 0.2) is 34.0 Å². The summed E-state index contributed by atoms with van der Waals surface area (Å²) in [5.41, 5.74) is 1.67. The minimum atomic E-state index is -0.915. The summed E-state index contributed by atoms with van der Waals surface area (Å²) in [6.45, 7) is 3.46. The molecule has 2 N–H and O–H groups in total. The molecule has 0 aliphatic carbocycles. The molecule has 0 radical (unpaired) electrons. The zero-order valence-electron chi connectivity index (χ0n) is 15.7. The van der Waals surface area contributed by atoms with Crippen molar-refractivity contribution in [2.45, 2.75) is 23.4 Å². The normalized spacial score (nSPS) is 17.2. The van der Waals surface area contributed by atoms with Crippen LogP contribution in [-0.2, 0) is 27.3 Å². The predicted molar refractivity (Wildman–Crippen MR) is 114 cm³/mol. The molecule has 0 unspecified atom stereocenters. The number of halogens is 1. The summed E-state index contributed by atoms with van der Waals surface area (Å²) >= 11 is 8.71. The van der Waals surface area contributed by atoms with E-state index in [1.54, 1.807) is 5.38 Å². The largest absolute Gasteiger partial charge is 0.481 e. The number of amides is 1. The number of carboxylic acids is 1. The van der Waals surface area contributed by atoms with E-state index in [1.807, 2.05) is 18.2 Å². The number of morpholine rings is 1. The van der Waals surface area contributed by atoms with Crippen LogP contribution in [0.25, 0.3) is 0 Å². The van der Waals surface area contributed by atoms with E-state index in [-0.39, 0.29) is 24.2 Å². The third-order valence-electron chi connectivity index (χ3n) is 4.23. The highest BCUT2D eigenvalue weighted by Gasteiger charge is 2.21. The van der Waals surface area contributed by atoms with Gasteiger partial charge in [0.25, 0.3) is 0 Å². The first kappa shape index (κ1) is 22.0. The SMILES string of the molecule is O=C(O)Cc1csc(SCC(=O)NC[C@H]2CN(Cc3cccc(Cl)c3)CCO2)n1. The fourth-order valence-electron chi connectivity index (χ4n) is 2.94. The number of thiazole rings is 1. The van der Waals surface area contributed by atoms with Crippen molar-refractivity contribution in [2.75, 3.05) is 32.0 Å². The molecular formula is C19H22ClN3O4S2. The van der Waals surface area contributed by atoms with Crippen LogP contribution in [0, 0.1) is 0 Å². The van der Waals surface area contributed by atoms with Gasteiger partial charge in [0.05, 0.1) is 30.6 Å². The average molecular weight is 456 g/mol. The molecule has 10 heteroatoms. The van der Waals surface area contributed by atoms with Gasteiger partial charge in [-0.25, -0.2) is 4.98 Å². The Morgan fingerprint density at radius 3 is 3.10 bits per heavy atom. The summed E-state index contributed by atoms with van der Waals surface area (Å²) in [5.74, 6) is -0.777. The van der Waals surface area contributed by atoms with Gasteiger partial charge in [-0.3, -0.25) is 14.5 Å². The van der Waals surface area contributed by atoms with Gasteiger partial charge in [-0.1, -0.05) is 35.5 Å². The molecule has 1 aromatic carbocycles. The predicted octanol–water partition coefficient (Wildman–Crippen LogP) is 2.53. The lowest BCUT2D eigenvalue weighted by Crippen LogP contribution is -2.47. The number of carbonyl (C=O) groups is 2. The highest BCUT2D eigenvalue weighted by atomic mass is 35.5. The second-order valence-electron chi connectivity index (χ2n) is 6.63. The summed E-state index contributed by atoms with van der Waals surface area (Å²) in [6, 6.07) is 7.82. The molecule has 1 atom stereocenters. The number of nitrogens with zero attached hydrogens (tertiary/aromatic N) is 2. The molecule has 3 rings (SSSR count). The minimum Gasteiger partial charge on any atom is -0.481 e. The Morgan fingerprint density at radius 2 is 2.31 bits per heavy atom. The molecule has 2 aromatic rings. The number of benzene rings is 1. The number of carbonyl (C=O) groups excluding carboxylic acids is 1. The first-order valence-electron chi connectivity index (χ1n) is 9.12. The van der Waals surface area contributed by atoms with Gasteiger partial charge in [-0.05, 0) is 17.7 Å². The van der Waals surface area contributed by atoms with E-state index in [1.165, 1.54) is 23.1 Å². The number of hydrogen-bond acceptors (Lipinski definition) is 7. The molecule has 1 aliphatic heterocycles. The molecule has 0 spiro atoms. The van der Waals surface area contributed by atoms with Gasteiger partial charge in [-0.2, -0.15) is 0 Å². The lowest BCUT2D eigenvalue weighted by molar-refractivity contribution is -0.136. The smallest absolute Gasteiger partial charge is 0.309 e. The molecule has 1 aliphatic rings. The highest BCUT2D eigenvalue weighted by molar-refractivity contribution is 8.01. The first-order valence-corrected chi connectivity index (χ1v) is 11.4. The van der Waals surface area contributed by atoms with Crippen LogP contribution in [-0.4, -0.2) is 65.0 Å². The maximum atomic E-state index is 12.1. The maximum absolute atomic E-state index is 12.1. The van der Waals surface area contributed by atoms with E-state index < -0.39 is 5.97 Å². The summed E-state index contributed by atoms with van der Waals surface area (Å²) in [6.07, 6.45) is -0.160. The van der Waals surface area contributed by atoms with Crippen molar-refractivity contribution < 1.29 is 19.4 Å². The van der Waals surface area contributed by atoms with Crippen LogP contribution < -0.4 is 5.32 Å². The van der Waals surface area contributed by atoms with E-state index in [0.717, 1.165) is 30.2 Å². The minimum absolute atomic E-state index is 0.0566. The summed E-state index contributed by atoms with van der Waals surface area (Å²) in [7, 11) is 0. The van der Waals surface area contributed by atoms with Crippen molar-refractivity contribution in [2.24, 2.45) is 0 Å². The molecule has 1 amide bonds. The summed E-state index contributed by atoms with van der Waals surface area (Å²) in [4.78, 5) is 29.3. The van der Waals surface area contributed by atoms with E-state index in [4.69, 9.17) is 21.4 Å². The van der Waals surface area contributed by atoms with Gasteiger partial charge in [0.15, 0.2) is 4.34 Å². The number of nitrogens with one attached hydrogen (secondary N) is 1. The topological polar surface area (TPSA) is 91.8 Å². The fourth-order valence-corrected chi connectivity index (χ4v) is 4.83. The Kier molecular flexibility index (Phi) is 8.31. The van der Waals surface area contributed by atoms with E-state index in [0.29, 0.717) is 23.2 Å². The highest BCUT2D eigenvalue weighted by Crippen LogP contribution is 2.22.